The topological polar surface area (TPSA) is 92.3 Å². The van der Waals surface area contributed by atoms with E-state index in [-0.39, 0.29) is 29.1 Å². The lowest BCUT2D eigenvalue weighted by atomic mass is 10.2. The Hall–Kier alpha value is -2.48. The average Bonchev–Trinajstić information content (AvgIpc) is 2.97. The van der Waals surface area contributed by atoms with E-state index in [0.717, 1.165) is 0 Å². The van der Waals surface area contributed by atoms with Gasteiger partial charge in [0.2, 0.25) is 0 Å². The summed E-state index contributed by atoms with van der Waals surface area (Å²) in [4.78, 5) is 22.6. The van der Waals surface area contributed by atoms with E-state index < -0.39 is 9.84 Å². The van der Waals surface area contributed by atoms with Gasteiger partial charge in [0.15, 0.2) is 9.84 Å². The van der Waals surface area contributed by atoms with Crippen LogP contribution in [0.25, 0.3) is 0 Å². The summed E-state index contributed by atoms with van der Waals surface area (Å²) in [6, 6.07) is 9.02. The van der Waals surface area contributed by atoms with E-state index in [1.807, 2.05) is 30.0 Å². The Labute approximate surface area is 147 Å². The number of nitrogens with one attached hydrogen (secondary N) is 1. The molecule has 0 radical (unpaired) electrons. The van der Waals surface area contributed by atoms with Crippen molar-refractivity contribution in [2.75, 3.05) is 28.3 Å². The number of para-hydroxylation sites is 1. The van der Waals surface area contributed by atoms with Crippen molar-refractivity contribution in [2.45, 2.75) is 19.4 Å². The first kappa shape index (κ1) is 17.3. The Balaban J connectivity index is 1.71. The van der Waals surface area contributed by atoms with Gasteiger partial charge in [-0.3, -0.25) is 4.79 Å². The van der Waals surface area contributed by atoms with Crippen LogP contribution in [0, 0.1) is 0 Å². The zero-order chi connectivity index (χ0) is 17.9. The van der Waals surface area contributed by atoms with E-state index >= 15 is 0 Å². The maximum atomic E-state index is 12.2. The minimum absolute atomic E-state index is 0.0895. The molecule has 1 aliphatic heterocycles. The fourth-order valence-corrected chi connectivity index (χ4v) is 4.66. The number of sulfone groups is 1. The van der Waals surface area contributed by atoms with Crippen molar-refractivity contribution in [1.29, 1.82) is 0 Å². The summed E-state index contributed by atoms with van der Waals surface area (Å²) in [5, 5.41) is 2.75. The summed E-state index contributed by atoms with van der Waals surface area (Å²) in [5.74, 6) is 0.593. The Morgan fingerprint density at radius 1 is 1.24 bits per heavy atom. The van der Waals surface area contributed by atoms with E-state index in [1.54, 1.807) is 12.1 Å². The van der Waals surface area contributed by atoms with Crippen LogP contribution in [-0.4, -0.2) is 48.4 Å². The van der Waals surface area contributed by atoms with Gasteiger partial charge in [-0.1, -0.05) is 18.2 Å². The van der Waals surface area contributed by atoms with Gasteiger partial charge in [-0.25, -0.2) is 18.4 Å². The Morgan fingerprint density at radius 3 is 2.56 bits per heavy atom. The van der Waals surface area contributed by atoms with Crippen molar-refractivity contribution in [3.63, 3.8) is 0 Å². The molecule has 1 unspecified atom stereocenters. The van der Waals surface area contributed by atoms with Crippen molar-refractivity contribution < 1.29 is 13.2 Å². The van der Waals surface area contributed by atoms with E-state index in [0.29, 0.717) is 24.5 Å². The zero-order valence-electron chi connectivity index (χ0n) is 13.9. The molecular formula is C17H20N4O3S. The maximum absolute atomic E-state index is 12.2. The van der Waals surface area contributed by atoms with E-state index in [4.69, 9.17) is 0 Å². The molecule has 7 nitrogen and oxygen atoms in total. The SMILES string of the molecule is CCN(c1cnc(C(=O)Nc2ccccc2)cn1)C1CCS(=O)(=O)C1. The number of carbonyl (C=O) groups excluding carboxylic acids is 1. The lowest BCUT2D eigenvalue weighted by molar-refractivity contribution is 0.102. The molecule has 1 aromatic carbocycles. The van der Waals surface area contributed by atoms with Crippen LogP contribution in [0.5, 0.6) is 0 Å². The fraction of sp³-hybridized carbons (Fsp3) is 0.353. The molecule has 2 heterocycles. The number of amides is 1. The van der Waals surface area contributed by atoms with E-state index in [1.165, 1.54) is 12.4 Å². The van der Waals surface area contributed by atoms with Gasteiger partial charge in [-0.15, -0.1) is 0 Å². The summed E-state index contributed by atoms with van der Waals surface area (Å²) < 4.78 is 23.4. The van der Waals surface area contributed by atoms with Crippen LogP contribution in [0.2, 0.25) is 0 Å². The van der Waals surface area contributed by atoms with Crippen molar-refractivity contribution >= 4 is 27.2 Å². The molecule has 0 aliphatic carbocycles. The van der Waals surface area contributed by atoms with Crippen LogP contribution < -0.4 is 10.2 Å². The van der Waals surface area contributed by atoms with Gasteiger partial charge in [0.1, 0.15) is 11.5 Å². The molecule has 0 saturated carbocycles. The minimum Gasteiger partial charge on any atom is -0.352 e. The third kappa shape index (κ3) is 4.14. The zero-order valence-corrected chi connectivity index (χ0v) is 14.7. The fourth-order valence-electron chi connectivity index (χ4n) is 2.93. The molecular weight excluding hydrogens is 340 g/mol. The predicted octanol–water partition coefficient (Wildman–Crippen LogP) is 1.74. The molecule has 132 valence electrons. The molecule has 8 heteroatoms. The molecule has 1 saturated heterocycles. The van der Waals surface area contributed by atoms with Gasteiger partial charge in [0, 0.05) is 18.3 Å². The number of carbonyl (C=O) groups is 1. The van der Waals surface area contributed by atoms with Crippen LogP contribution in [0.15, 0.2) is 42.7 Å². The van der Waals surface area contributed by atoms with Gasteiger partial charge in [0.25, 0.3) is 5.91 Å². The van der Waals surface area contributed by atoms with Crippen molar-refractivity contribution in [3.8, 4) is 0 Å². The number of hydrogen-bond donors (Lipinski definition) is 1. The quantitative estimate of drug-likeness (QED) is 0.873. The van der Waals surface area contributed by atoms with Crippen LogP contribution in [0.4, 0.5) is 11.5 Å². The highest BCUT2D eigenvalue weighted by molar-refractivity contribution is 7.91. The molecule has 1 fully saturated rings. The second kappa shape index (κ2) is 7.18. The molecule has 1 aliphatic rings. The van der Waals surface area contributed by atoms with Crippen LogP contribution >= 0.6 is 0 Å². The molecule has 0 spiro atoms. The first-order chi connectivity index (χ1) is 12.0. The van der Waals surface area contributed by atoms with E-state index in [2.05, 4.69) is 15.3 Å². The Morgan fingerprint density at radius 2 is 2.00 bits per heavy atom. The lowest BCUT2D eigenvalue weighted by Crippen LogP contribution is -2.36. The minimum atomic E-state index is -2.97. The highest BCUT2D eigenvalue weighted by atomic mass is 32.2. The second-order valence-corrected chi connectivity index (χ2v) is 8.15. The highest BCUT2D eigenvalue weighted by Crippen LogP contribution is 2.22. The van der Waals surface area contributed by atoms with Gasteiger partial charge < -0.3 is 10.2 Å². The molecule has 3 rings (SSSR count). The standard InChI is InChI=1S/C17H20N4O3S/c1-2-21(14-8-9-25(23,24)12-14)16-11-18-15(10-19-16)17(22)20-13-6-4-3-5-7-13/h3-7,10-11,14H,2,8-9,12H2,1H3,(H,20,22). The van der Waals surface area contributed by atoms with Gasteiger partial charge in [-0.2, -0.15) is 0 Å². The molecule has 1 aromatic heterocycles. The first-order valence-electron chi connectivity index (χ1n) is 8.14. The lowest BCUT2D eigenvalue weighted by Gasteiger charge is -2.27. The van der Waals surface area contributed by atoms with Crippen molar-refractivity contribution in [1.82, 2.24) is 9.97 Å². The predicted molar refractivity (Wildman–Crippen MR) is 96.5 cm³/mol. The number of rotatable bonds is 5. The molecule has 0 bridgehead atoms. The number of aromatic nitrogens is 2. The number of benzene rings is 1. The third-order valence-corrected chi connectivity index (χ3v) is 5.94. The highest BCUT2D eigenvalue weighted by Gasteiger charge is 2.32. The summed E-state index contributed by atoms with van der Waals surface area (Å²) in [5.41, 5.74) is 0.896. The number of hydrogen-bond acceptors (Lipinski definition) is 6. The molecule has 1 amide bonds. The first-order valence-corrected chi connectivity index (χ1v) is 9.96. The molecule has 2 aromatic rings. The van der Waals surface area contributed by atoms with Crippen molar-refractivity contribution in [3.05, 3.63) is 48.4 Å². The van der Waals surface area contributed by atoms with Gasteiger partial charge in [0.05, 0.1) is 23.9 Å². The number of nitrogens with zero attached hydrogens (tertiary/aromatic N) is 3. The molecule has 1 atom stereocenters. The smallest absolute Gasteiger partial charge is 0.275 e. The average molecular weight is 360 g/mol. The monoisotopic (exact) mass is 360 g/mol. The summed E-state index contributed by atoms with van der Waals surface area (Å²) in [7, 11) is -2.97. The van der Waals surface area contributed by atoms with Gasteiger partial charge >= 0.3 is 0 Å². The third-order valence-electron chi connectivity index (χ3n) is 4.19. The van der Waals surface area contributed by atoms with Crippen molar-refractivity contribution in [2.24, 2.45) is 0 Å². The van der Waals surface area contributed by atoms with E-state index in [9.17, 15) is 13.2 Å². The number of anilines is 2. The summed E-state index contributed by atoms with van der Waals surface area (Å²) in [6.45, 7) is 2.58. The maximum Gasteiger partial charge on any atom is 0.275 e. The molecule has 25 heavy (non-hydrogen) atoms. The van der Waals surface area contributed by atoms with Crippen LogP contribution in [0.1, 0.15) is 23.8 Å². The van der Waals surface area contributed by atoms with Gasteiger partial charge in [-0.05, 0) is 25.5 Å². The summed E-state index contributed by atoms with van der Waals surface area (Å²) >= 11 is 0. The summed E-state index contributed by atoms with van der Waals surface area (Å²) in [6.07, 6.45) is 3.53. The second-order valence-electron chi connectivity index (χ2n) is 5.92. The largest absolute Gasteiger partial charge is 0.352 e. The Kier molecular flexibility index (Phi) is 4.98. The molecule has 1 N–H and O–H groups in total. The van der Waals surface area contributed by atoms with Crippen LogP contribution in [-0.2, 0) is 9.84 Å². The normalized spacial score (nSPS) is 18.7. The Bertz CT molecular complexity index is 838. The van der Waals surface area contributed by atoms with Crippen LogP contribution in [0.3, 0.4) is 0 Å².